The van der Waals surface area contributed by atoms with Gasteiger partial charge in [-0.15, -0.1) is 0 Å². The number of hydrogen-bond acceptors (Lipinski definition) is 3. The highest BCUT2D eigenvalue weighted by Crippen LogP contribution is 2.16. The standard InChI is InChI=1S/C9H12NO3P/c1-7-5-9(6-8(2)10-7)3-4-13-14(11)12/h3-6,14H,1-2H3,(H,11,12)/b4-3+. The number of aryl methyl sites for hydroxylation is 2. The summed E-state index contributed by atoms with van der Waals surface area (Å²) < 4.78 is 14.6. The van der Waals surface area contributed by atoms with Crippen molar-refractivity contribution in [1.82, 2.24) is 4.98 Å². The molecule has 4 nitrogen and oxygen atoms in total. The van der Waals surface area contributed by atoms with E-state index in [0.717, 1.165) is 17.0 Å². The van der Waals surface area contributed by atoms with Crippen LogP contribution in [0.25, 0.3) is 6.08 Å². The van der Waals surface area contributed by atoms with Gasteiger partial charge in [-0.2, -0.15) is 0 Å². The van der Waals surface area contributed by atoms with Gasteiger partial charge in [0.15, 0.2) is 0 Å². The SMILES string of the molecule is Cc1cc(/C=C/O[PH](=O)O)cc(C)n1. The Morgan fingerprint density at radius 1 is 1.43 bits per heavy atom. The molecule has 1 heterocycles. The Morgan fingerprint density at radius 2 is 2.00 bits per heavy atom. The van der Waals surface area contributed by atoms with E-state index in [9.17, 15) is 4.57 Å². The number of pyridine rings is 1. The van der Waals surface area contributed by atoms with Crippen molar-refractivity contribution in [2.24, 2.45) is 0 Å². The van der Waals surface area contributed by atoms with E-state index in [1.54, 1.807) is 6.08 Å². The second-order valence-corrected chi connectivity index (χ2v) is 3.64. The van der Waals surface area contributed by atoms with E-state index in [2.05, 4.69) is 9.51 Å². The Labute approximate surface area is 83.2 Å². The first kappa shape index (κ1) is 11.0. The minimum Gasteiger partial charge on any atom is -0.434 e. The Balaban J connectivity index is 2.76. The molecule has 1 rings (SSSR count). The van der Waals surface area contributed by atoms with Crippen LogP contribution < -0.4 is 0 Å². The van der Waals surface area contributed by atoms with Gasteiger partial charge >= 0.3 is 8.25 Å². The largest absolute Gasteiger partial charge is 0.434 e. The smallest absolute Gasteiger partial charge is 0.364 e. The molecule has 1 N–H and O–H groups in total. The highest BCUT2D eigenvalue weighted by atomic mass is 31.1. The quantitative estimate of drug-likeness (QED) is 0.616. The van der Waals surface area contributed by atoms with Gasteiger partial charge in [-0.25, -0.2) is 4.57 Å². The molecule has 0 aliphatic carbocycles. The fourth-order valence-electron chi connectivity index (χ4n) is 1.13. The zero-order valence-electron chi connectivity index (χ0n) is 8.02. The van der Waals surface area contributed by atoms with E-state index in [4.69, 9.17) is 4.89 Å². The summed E-state index contributed by atoms with van der Waals surface area (Å²) in [6.07, 6.45) is 2.84. The molecular formula is C9H12NO3P. The molecule has 0 aromatic carbocycles. The molecule has 0 radical (unpaired) electrons. The average Bonchev–Trinajstić information content (AvgIpc) is 2.01. The molecule has 1 unspecified atom stereocenters. The molecule has 1 aromatic heterocycles. The second kappa shape index (κ2) is 4.94. The van der Waals surface area contributed by atoms with Gasteiger partial charge in [0.25, 0.3) is 0 Å². The molecule has 0 amide bonds. The predicted octanol–water partition coefficient (Wildman–Crippen LogP) is 2.07. The zero-order chi connectivity index (χ0) is 10.6. The van der Waals surface area contributed by atoms with Crippen LogP contribution in [-0.4, -0.2) is 9.88 Å². The molecule has 0 spiro atoms. The van der Waals surface area contributed by atoms with Crippen LogP contribution in [0, 0.1) is 13.8 Å². The summed E-state index contributed by atoms with van der Waals surface area (Å²) in [7, 11) is -2.88. The molecule has 0 saturated carbocycles. The third-order valence-electron chi connectivity index (χ3n) is 1.53. The van der Waals surface area contributed by atoms with Gasteiger partial charge in [-0.3, -0.25) is 4.98 Å². The lowest BCUT2D eigenvalue weighted by atomic mass is 10.2. The van der Waals surface area contributed by atoms with E-state index in [1.165, 1.54) is 6.26 Å². The molecule has 0 aliphatic heterocycles. The molecular weight excluding hydrogens is 201 g/mol. The predicted molar refractivity (Wildman–Crippen MR) is 55.1 cm³/mol. The lowest BCUT2D eigenvalue weighted by Crippen LogP contribution is -1.86. The van der Waals surface area contributed by atoms with Crippen LogP contribution in [0.3, 0.4) is 0 Å². The number of hydrogen-bond donors (Lipinski definition) is 1. The minimum absolute atomic E-state index is 0.901. The van der Waals surface area contributed by atoms with Crippen molar-refractivity contribution in [1.29, 1.82) is 0 Å². The maximum atomic E-state index is 10.2. The Morgan fingerprint density at radius 3 is 2.50 bits per heavy atom. The van der Waals surface area contributed by atoms with Crippen LogP contribution in [0.4, 0.5) is 0 Å². The fraction of sp³-hybridized carbons (Fsp3) is 0.222. The minimum atomic E-state index is -2.88. The molecule has 1 aromatic rings. The third kappa shape index (κ3) is 3.73. The lowest BCUT2D eigenvalue weighted by Gasteiger charge is -1.98. The first-order valence-corrected chi connectivity index (χ1v) is 5.36. The summed E-state index contributed by atoms with van der Waals surface area (Å²) in [4.78, 5) is 12.6. The molecule has 0 fully saturated rings. The monoisotopic (exact) mass is 213 g/mol. The first-order valence-electron chi connectivity index (χ1n) is 4.09. The van der Waals surface area contributed by atoms with E-state index in [0.29, 0.717) is 0 Å². The maximum absolute atomic E-state index is 10.2. The van der Waals surface area contributed by atoms with E-state index in [-0.39, 0.29) is 0 Å². The molecule has 76 valence electrons. The first-order chi connectivity index (χ1) is 6.58. The van der Waals surface area contributed by atoms with Gasteiger partial charge < -0.3 is 9.42 Å². The van der Waals surface area contributed by atoms with Crippen molar-refractivity contribution in [2.45, 2.75) is 13.8 Å². The van der Waals surface area contributed by atoms with Crippen LogP contribution in [0.15, 0.2) is 18.4 Å². The molecule has 14 heavy (non-hydrogen) atoms. The Kier molecular flexibility index (Phi) is 3.86. The third-order valence-corrected chi connectivity index (χ3v) is 1.87. The Hall–Kier alpha value is -1.12. The van der Waals surface area contributed by atoms with Crippen LogP contribution in [0.5, 0.6) is 0 Å². The summed E-state index contributed by atoms with van der Waals surface area (Å²) in [5, 5.41) is 0. The van der Waals surface area contributed by atoms with E-state index in [1.807, 2.05) is 26.0 Å². The van der Waals surface area contributed by atoms with Gasteiger partial charge in [-0.1, -0.05) is 0 Å². The molecule has 5 heteroatoms. The van der Waals surface area contributed by atoms with Crippen molar-refractivity contribution in [2.75, 3.05) is 0 Å². The highest BCUT2D eigenvalue weighted by molar-refractivity contribution is 7.32. The fourth-order valence-corrected chi connectivity index (χ4v) is 1.32. The van der Waals surface area contributed by atoms with Crippen molar-refractivity contribution in [3.63, 3.8) is 0 Å². The molecule has 0 saturated heterocycles. The average molecular weight is 213 g/mol. The lowest BCUT2D eigenvalue weighted by molar-refractivity contribution is 0.379. The number of nitrogens with zero attached hydrogens (tertiary/aromatic N) is 1. The van der Waals surface area contributed by atoms with Crippen LogP contribution in [0.2, 0.25) is 0 Å². The van der Waals surface area contributed by atoms with Gasteiger partial charge in [0.05, 0.1) is 6.26 Å². The highest BCUT2D eigenvalue weighted by Gasteiger charge is 1.93. The van der Waals surface area contributed by atoms with Crippen molar-refractivity contribution in [3.8, 4) is 0 Å². The number of aromatic nitrogens is 1. The van der Waals surface area contributed by atoms with Gasteiger partial charge in [-0.05, 0) is 37.6 Å². The summed E-state index contributed by atoms with van der Waals surface area (Å²) in [5.41, 5.74) is 2.71. The summed E-state index contributed by atoms with van der Waals surface area (Å²) in [6.45, 7) is 3.78. The zero-order valence-corrected chi connectivity index (χ0v) is 9.02. The molecule has 0 bridgehead atoms. The van der Waals surface area contributed by atoms with Gasteiger partial charge in [0.1, 0.15) is 0 Å². The summed E-state index contributed by atoms with van der Waals surface area (Å²) in [6, 6.07) is 3.73. The topological polar surface area (TPSA) is 59.4 Å². The maximum Gasteiger partial charge on any atom is 0.364 e. The summed E-state index contributed by atoms with van der Waals surface area (Å²) in [5.74, 6) is 0. The van der Waals surface area contributed by atoms with Crippen LogP contribution >= 0.6 is 8.25 Å². The van der Waals surface area contributed by atoms with Crippen LogP contribution in [-0.2, 0) is 9.09 Å². The number of rotatable bonds is 3. The van der Waals surface area contributed by atoms with Crippen LogP contribution in [0.1, 0.15) is 17.0 Å². The Bertz CT molecular complexity index is 356. The van der Waals surface area contributed by atoms with E-state index >= 15 is 0 Å². The van der Waals surface area contributed by atoms with Crippen molar-refractivity contribution in [3.05, 3.63) is 35.3 Å². The second-order valence-electron chi connectivity index (χ2n) is 2.87. The molecule has 1 atom stereocenters. The normalized spacial score (nSPS) is 13.1. The van der Waals surface area contributed by atoms with E-state index < -0.39 is 8.25 Å². The van der Waals surface area contributed by atoms with Gasteiger partial charge in [0, 0.05) is 11.4 Å². The summed E-state index contributed by atoms with van der Waals surface area (Å²) >= 11 is 0. The van der Waals surface area contributed by atoms with Crippen molar-refractivity contribution >= 4 is 14.3 Å². The van der Waals surface area contributed by atoms with Gasteiger partial charge in [0.2, 0.25) is 0 Å². The molecule has 0 aliphatic rings. The van der Waals surface area contributed by atoms with Crippen molar-refractivity contribution < 1.29 is 14.0 Å².